The van der Waals surface area contributed by atoms with Crippen LogP contribution < -0.4 is 5.32 Å². The van der Waals surface area contributed by atoms with E-state index in [0.717, 1.165) is 6.42 Å². The number of rotatable bonds is 1. The van der Waals surface area contributed by atoms with Gasteiger partial charge in [0.25, 0.3) is 0 Å². The van der Waals surface area contributed by atoms with Crippen molar-refractivity contribution in [3.8, 4) is 0 Å². The van der Waals surface area contributed by atoms with Crippen LogP contribution in [0.25, 0.3) is 0 Å². The molecule has 3 heteroatoms. The van der Waals surface area contributed by atoms with E-state index in [1.807, 2.05) is 20.9 Å². The van der Waals surface area contributed by atoms with Crippen LogP contribution in [0.5, 0.6) is 0 Å². The zero-order chi connectivity index (χ0) is 8.43. The van der Waals surface area contributed by atoms with E-state index >= 15 is 0 Å². The van der Waals surface area contributed by atoms with Crippen LogP contribution in [0.3, 0.4) is 0 Å². The summed E-state index contributed by atoms with van der Waals surface area (Å²) in [4.78, 5) is 0. The minimum atomic E-state index is -0.365. The van der Waals surface area contributed by atoms with Gasteiger partial charge in [-0.1, -0.05) is 0 Å². The predicted octanol–water partition coefficient (Wildman–Crippen LogP) is 0.133. The topological polar surface area (TPSA) is 41.5 Å². The highest BCUT2D eigenvalue weighted by atomic mass is 16.5. The number of hydrogen-bond acceptors (Lipinski definition) is 3. The first-order valence-corrected chi connectivity index (χ1v) is 4.16. The molecule has 3 nitrogen and oxygen atoms in total. The zero-order valence-electron chi connectivity index (χ0n) is 7.37. The first kappa shape index (κ1) is 8.97. The van der Waals surface area contributed by atoms with Gasteiger partial charge in [-0.2, -0.15) is 0 Å². The smallest absolute Gasteiger partial charge is 0.0952 e. The molecule has 2 unspecified atom stereocenters. The van der Waals surface area contributed by atoms with Crippen molar-refractivity contribution in [1.82, 2.24) is 5.32 Å². The molecular formula is C8H17NO2. The third-order valence-corrected chi connectivity index (χ3v) is 2.30. The average Bonchev–Trinajstić information content (AvgIpc) is 1.96. The summed E-state index contributed by atoms with van der Waals surface area (Å²) in [5, 5.41) is 12.7. The number of hydrogen-bond donors (Lipinski definition) is 2. The second kappa shape index (κ2) is 3.52. The third kappa shape index (κ3) is 1.92. The number of likely N-dealkylation sites (N-methyl/N-ethyl adjacent to an activating group) is 1. The molecule has 0 aromatic heterocycles. The van der Waals surface area contributed by atoms with Crippen molar-refractivity contribution in [3.63, 3.8) is 0 Å². The molecule has 0 saturated carbocycles. The van der Waals surface area contributed by atoms with E-state index in [9.17, 15) is 5.11 Å². The van der Waals surface area contributed by atoms with E-state index in [0.29, 0.717) is 0 Å². The van der Waals surface area contributed by atoms with E-state index in [4.69, 9.17) is 4.74 Å². The summed E-state index contributed by atoms with van der Waals surface area (Å²) in [5.74, 6) is 0. The Hall–Kier alpha value is -0.120. The van der Waals surface area contributed by atoms with Gasteiger partial charge in [0, 0.05) is 6.04 Å². The van der Waals surface area contributed by atoms with Crippen molar-refractivity contribution in [2.75, 3.05) is 7.05 Å². The molecule has 1 saturated heterocycles. The summed E-state index contributed by atoms with van der Waals surface area (Å²) in [6.45, 7) is 3.94. The average molecular weight is 159 g/mol. The van der Waals surface area contributed by atoms with Gasteiger partial charge in [-0.3, -0.25) is 0 Å². The van der Waals surface area contributed by atoms with Crippen molar-refractivity contribution in [3.05, 3.63) is 0 Å². The first-order valence-electron chi connectivity index (χ1n) is 4.16. The molecule has 0 aliphatic carbocycles. The lowest BCUT2D eigenvalue weighted by atomic mass is 9.97. The van der Waals surface area contributed by atoms with Gasteiger partial charge in [0.05, 0.1) is 18.3 Å². The van der Waals surface area contributed by atoms with Crippen molar-refractivity contribution in [2.45, 2.75) is 44.6 Å². The number of ether oxygens (including phenoxy) is 1. The van der Waals surface area contributed by atoms with Gasteiger partial charge in [-0.05, 0) is 27.3 Å². The van der Waals surface area contributed by atoms with E-state index in [2.05, 4.69) is 5.32 Å². The van der Waals surface area contributed by atoms with Crippen LogP contribution in [0, 0.1) is 0 Å². The van der Waals surface area contributed by atoms with Gasteiger partial charge < -0.3 is 15.2 Å². The Morgan fingerprint density at radius 1 is 1.45 bits per heavy atom. The van der Waals surface area contributed by atoms with Crippen molar-refractivity contribution < 1.29 is 9.84 Å². The van der Waals surface area contributed by atoms with Crippen LogP contribution in [0.1, 0.15) is 20.3 Å². The molecule has 0 bridgehead atoms. The molecular weight excluding hydrogens is 142 g/mol. The maximum Gasteiger partial charge on any atom is 0.0952 e. The van der Waals surface area contributed by atoms with Crippen molar-refractivity contribution in [2.24, 2.45) is 0 Å². The maximum absolute atomic E-state index is 9.57. The Kier molecular flexibility index (Phi) is 2.87. The molecule has 0 radical (unpaired) electrons. The van der Waals surface area contributed by atoms with Crippen LogP contribution in [0.4, 0.5) is 0 Å². The predicted molar refractivity (Wildman–Crippen MR) is 43.5 cm³/mol. The molecule has 66 valence electrons. The largest absolute Gasteiger partial charge is 0.389 e. The Morgan fingerprint density at radius 3 is 2.64 bits per heavy atom. The normalized spacial score (nSPS) is 45.8. The van der Waals surface area contributed by atoms with Gasteiger partial charge in [-0.25, -0.2) is 0 Å². The van der Waals surface area contributed by atoms with Crippen LogP contribution >= 0.6 is 0 Å². The van der Waals surface area contributed by atoms with Gasteiger partial charge in [-0.15, -0.1) is 0 Å². The van der Waals surface area contributed by atoms with Gasteiger partial charge in [0.15, 0.2) is 0 Å². The molecule has 11 heavy (non-hydrogen) atoms. The fourth-order valence-electron chi connectivity index (χ4n) is 1.62. The molecule has 0 spiro atoms. The van der Waals surface area contributed by atoms with Crippen LogP contribution in [0.2, 0.25) is 0 Å². The molecule has 0 aromatic carbocycles. The summed E-state index contributed by atoms with van der Waals surface area (Å²) in [5.41, 5.74) is 0. The Morgan fingerprint density at radius 2 is 2.09 bits per heavy atom. The Labute approximate surface area is 67.7 Å². The minimum Gasteiger partial charge on any atom is -0.389 e. The third-order valence-electron chi connectivity index (χ3n) is 2.30. The lowest BCUT2D eigenvalue weighted by Crippen LogP contribution is -2.51. The standard InChI is InChI=1S/C8H17NO2/c1-5-4-7(9-3)8(10)6(2)11-5/h5-10H,4H2,1-3H3/t5-,6-,7?,8?/m0/s1. The van der Waals surface area contributed by atoms with Crippen LogP contribution in [-0.4, -0.2) is 36.5 Å². The highest BCUT2D eigenvalue weighted by molar-refractivity contribution is 4.85. The van der Waals surface area contributed by atoms with E-state index in [-0.39, 0.29) is 24.4 Å². The number of nitrogens with one attached hydrogen (secondary N) is 1. The number of aliphatic hydroxyl groups is 1. The second-order valence-electron chi connectivity index (χ2n) is 3.27. The fourth-order valence-corrected chi connectivity index (χ4v) is 1.62. The zero-order valence-corrected chi connectivity index (χ0v) is 7.37. The van der Waals surface area contributed by atoms with Gasteiger partial charge in [0.1, 0.15) is 0 Å². The van der Waals surface area contributed by atoms with E-state index in [1.54, 1.807) is 0 Å². The van der Waals surface area contributed by atoms with E-state index < -0.39 is 0 Å². The summed E-state index contributed by atoms with van der Waals surface area (Å²) in [7, 11) is 1.87. The molecule has 2 N–H and O–H groups in total. The lowest BCUT2D eigenvalue weighted by Gasteiger charge is -2.36. The maximum atomic E-state index is 9.57. The quantitative estimate of drug-likeness (QED) is 0.571. The highest BCUT2D eigenvalue weighted by Gasteiger charge is 2.31. The molecule has 1 fully saturated rings. The lowest BCUT2D eigenvalue weighted by molar-refractivity contribution is -0.116. The molecule has 0 aromatic rings. The Bertz CT molecular complexity index is 129. The van der Waals surface area contributed by atoms with Crippen molar-refractivity contribution in [1.29, 1.82) is 0 Å². The molecule has 4 atom stereocenters. The van der Waals surface area contributed by atoms with Crippen LogP contribution in [0.15, 0.2) is 0 Å². The van der Waals surface area contributed by atoms with Gasteiger partial charge in [0.2, 0.25) is 0 Å². The van der Waals surface area contributed by atoms with E-state index in [1.165, 1.54) is 0 Å². The first-order chi connectivity index (χ1) is 5.15. The fraction of sp³-hybridized carbons (Fsp3) is 1.00. The summed E-state index contributed by atoms with van der Waals surface area (Å²) < 4.78 is 5.44. The van der Waals surface area contributed by atoms with Crippen LogP contribution in [-0.2, 0) is 4.74 Å². The number of aliphatic hydroxyl groups excluding tert-OH is 1. The van der Waals surface area contributed by atoms with Crippen molar-refractivity contribution >= 4 is 0 Å². The summed E-state index contributed by atoms with van der Waals surface area (Å²) in [6.07, 6.45) is 0.736. The molecule has 1 aliphatic heterocycles. The summed E-state index contributed by atoms with van der Waals surface area (Å²) >= 11 is 0. The minimum absolute atomic E-state index is 0.0452. The molecule has 1 heterocycles. The molecule has 1 aliphatic rings. The Balaban J connectivity index is 2.51. The monoisotopic (exact) mass is 159 g/mol. The summed E-state index contributed by atoms with van der Waals surface area (Å²) in [6, 6.07) is 0.189. The second-order valence-corrected chi connectivity index (χ2v) is 3.27. The SMILES string of the molecule is CNC1C[C@H](C)O[C@@H](C)C1O. The molecule has 1 rings (SSSR count). The van der Waals surface area contributed by atoms with Gasteiger partial charge >= 0.3 is 0 Å². The molecule has 0 amide bonds. The highest BCUT2D eigenvalue weighted by Crippen LogP contribution is 2.19.